The van der Waals surface area contributed by atoms with Crippen LogP contribution >= 0.6 is 0 Å². The van der Waals surface area contributed by atoms with E-state index in [1.807, 2.05) is 11.1 Å². The van der Waals surface area contributed by atoms with Gasteiger partial charge in [0.25, 0.3) is 5.91 Å². The first-order valence-electron chi connectivity index (χ1n) is 9.40. The minimum atomic E-state index is -0.323. The van der Waals surface area contributed by atoms with Gasteiger partial charge in [0.1, 0.15) is 11.6 Å². The van der Waals surface area contributed by atoms with Gasteiger partial charge in [-0.1, -0.05) is 0 Å². The van der Waals surface area contributed by atoms with Crippen molar-refractivity contribution in [3.8, 4) is 0 Å². The van der Waals surface area contributed by atoms with E-state index in [-0.39, 0.29) is 23.2 Å². The van der Waals surface area contributed by atoms with E-state index in [0.717, 1.165) is 44.7 Å². The summed E-state index contributed by atoms with van der Waals surface area (Å²) >= 11 is 0. The van der Waals surface area contributed by atoms with Crippen LogP contribution in [0.15, 0.2) is 36.7 Å². The van der Waals surface area contributed by atoms with Gasteiger partial charge in [-0.3, -0.25) is 4.79 Å². The number of aryl methyl sites for hydroxylation is 1. The molecule has 1 aromatic heterocycles. The van der Waals surface area contributed by atoms with Crippen LogP contribution < -0.4 is 5.32 Å². The lowest BCUT2D eigenvalue weighted by Crippen LogP contribution is -2.39. The van der Waals surface area contributed by atoms with Crippen LogP contribution in [-0.4, -0.2) is 39.5 Å². The van der Waals surface area contributed by atoms with Crippen molar-refractivity contribution in [3.05, 3.63) is 53.9 Å². The first-order valence-corrected chi connectivity index (χ1v) is 9.40. The van der Waals surface area contributed by atoms with Gasteiger partial charge >= 0.3 is 0 Å². The maximum atomic E-state index is 13.3. The second-order valence-corrected chi connectivity index (χ2v) is 7.40. The number of amides is 1. The minimum absolute atomic E-state index is 0.0314. The van der Waals surface area contributed by atoms with Gasteiger partial charge in [0.15, 0.2) is 0 Å². The Bertz CT molecular complexity index is 779. The molecule has 1 spiro atoms. The van der Waals surface area contributed by atoms with Gasteiger partial charge in [0.05, 0.1) is 6.54 Å². The summed E-state index contributed by atoms with van der Waals surface area (Å²) in [6.45, 7) is 5.42. The molecule has 26 heavy (non-hydrogen) atoms. The van der Waals surface area contributed by atoms with E-state index in [9.17, 15) is 9.18 Å². The predicted octanol–water partition coefficient (Wildman–Crippen LogP) is 2.83. The smallest absolute Gasteiger partial charge is 0.254 e. The van der Waals surface area contributed by atoms with Crippen LogP contribution in [0.5, 0.6) is 0 Å². The highest BCUT2D eigenvalue weighted by atomic mass is 19.1. The van der Waals surface area contributed by atoms with E-state index in [2.05, 4.69) is 21.8 Å². The Balaban J connectivity index is 1.61. The second-order valence-electron chi connectivity index (χ2n) is 7.40. The molecule has 138 valence electrons. The number of aromatic nitrogens is 2. The number of nitrogens with one attached hydrogen (secondary N) is 1. The normalized spacial score (nSPS) is 20.9. The minimum Gasteiger partial charge on any atom is -0.334 e. The zero-order valence-electron chi connectivity index (χ0n) is 15.1. The Kier molecular flexibility index (Phi) is 4.53. The zero-order valence-corrected chi connectivity index (χ0v) is 15.1. The molecule has 5 nitrogen and oxygen atoms in total. The molecule has 0 radical (unpaired) electrons. The van der Waals surface area contributed by atoms with Gasteiger partial charge in [0, 0.05) is 30.5 Å². The van der Waals surface area contributed by atoms with Crippen molar-refractivity contribution in [1.29, 1.82) is 0 Å². The fourth-order valence-electron chi connectivity index (χ4n) is 4.24. The molecule has 2 aliphatic rings. The number of carbonyl (C=O) groups excluding carboxylic acids is 1. The lowest BCUT2D eigenvalue weighted by molar-refractivity contribution is 0.0685. The van der Waals surface area contributed by atoms with E-state index in [1.54, 1.807) is 18.3 Å². The summed E-state index contributed by atoms with van der Waals surface area (Å²) in [4.78, 5) is 19.7. The van der Waals surface area contributed by atoms with Gasteiger partial charge in [-0.25, -0.2) is 9.37 Å². The van der Waals surface area contributed by atoms with Crippen LogP contribution in [0.1, 0.15) is 42.4 Å². The average molecular weight is 356 g/mol. The van der Waals surface area contributed by atoms with Crippen molar-refractivity contribution in [2.75, 3.05) is 13.1 Å². The molecule has 0 bridgehead atoms. The maximum Gasteiger partial charge on any atom is 0.254 e. The molecule has 1 N–H and O–H groups in total. The number of hydrogen-bond acceptors (Lipinski definition) is 3. The predicted molar refractivity (Wildman–Crippen MR) is 97.1 cm³/mol. The van der Waals surface area contributed by atoms with Crippen LogP contribution in [-0.2, 0) is 13.1 Å². The molecule has 4 rings (SSSR count). The van der Waals surface area contributed by atoms with E-state index >= 15 is 0 Å². The molecule has 1 aromatic carbocycles. The van der Waals surface area contributed by atoms with E-state index in [0.29, 0.717) is 12.1 Å². The maximum absolute atomic E-state index is 13.3. The van der Waals surface area contributed by atoms with Gasteiger partial charge in [-0.2, -0.15) is 0 Å². The third-order valence-electron chi connectivity index (χ3n) is 5.93. The number of halogens is 1. The molecule has 2 aromatic rings. The fourth-order valence-corrected chi connectivity index (χ4v) is 4.24. The molecule has 1 aliphatic carbocycles. The lowest BCUT2D eigenvalue weighted by Gasteiger charge is -2.29. The Morgan fingerprint density at radius 3 is 2.77 bits per heavy atom. The molecule has 6 heteroatoms. The monoisotopic (exact) mass is 356 g/mol. The number of hydrogen-bond donors (Lipinski definition) is 1. The Labute approximate surface area is 153 Å². The Morgan fingerprint density at radius 1 is 1.35 bits per heavy atom. The van der Waals surface area contributed by atoms with Gasteiger partial charge in [-0.15, -0.1) is 0 Å². The summed E-state index contributed by atoms with van der Waals surface area (Å²) in [6.07, 6.45) is 6.99. The van der Waals surface area contributed by atoms with Crippen molar-refractivity contribution >= 4 is 5.91 Å². The van der Waals surface area contributed by atoms with Crippen molar-refractivity contribution in [3.63, 3.8) is 0 Å². The number of nitrogens with zero attached hydrogens (tertiary/aromatic N) is 3. The van der Waals surface area contributed by atoms with E-state index < -0.39 is 0 Å². The molecule has 1 saturated carbocycles. The topological polar surface area (TPSA) is 50.2 Å². The van der Waals surface area contributed by atoms with Crippen LogP contribution in [0.25, 0.3) is 0 Å². The molecular weight excluding hydrogens is 331 g/mol. The molecule has 1 amide bonds. The summed E-state index contributed by atoms with van der Waals surface area (Å²) in [7, 11) is 0. The zero-order chi connectivity index (χ0) is 18.1. The molecule has 1 aliphatic heterocycles. The second kappa shape index (κ2) is 6.83. The highest BCUT2D eigenvalue weighted by Crippen LogP contribution is 2.56. The van der Waals surface area contributed by atoms with Crippen LogP contribution in [0.2, 0.25) is 0 Å². The van der Waals surface area contributed by atoms with Crippen LogP contribution in [0.3, 0.4) is 0 Å². The molecule has 1 atom stereocenters. The number of carbonyl (C=O) groups is 1. The van der Waals surface area contributed by atoms with Crippen LogP contribution in [0.4, 0.5) is 4.39 Å². The highest BCUT2D eigenvalue weighted by Gasteiger charge is 2.57. The number of rotatable bonds is 5. The van der Waals surface area contributed by atoms with Gasteiger partial charge in [-0.05, 0) is 69.0 Å². The largest absolute Gasteiger partial charge is 0.334 e. The Hall–Kier alpha value is -2.21. The SMILES string of the molecule is CCn1ccnc1CN(C(=O)c1ccc(F)cc1)C1CC12CCNCC2. The summed E-state index contributed by atoms with van der Waals surface area (Å²) in [5, 5.41) is 3.41. The lowest BCUT2D eigenvalue weighted by atomic mass is 9.93. The van der Waals surface area contributed by atoms with Crippen molar-refractivity contribution in [2.24, 2.45) is 5.41 Å². The third-order valence-corrected chi connectivity index (χ3v) is 5.93. The van der Waals surface area contributed by atoms with Gasteiger partial charge in [0.2, 0.25) is 0 Å². The molecular formula is C20H25FN4O. The molecule has 2 fully saturated rings. The molecule has 1 saturated heterocycles. The summed E-state index contributed by atoms with van der Waals surface area (Å²) < 4.78 is 15.3. The third kappa shape index (κ3) is 3.14. The number of piperidine rings is 1. The summed E-state index contributed by atoms with van der Waals surface area (Å²) in [5.41, 5.74) is 0.780. The van der Waals surface area contributed by atoms with Gasteiger partial charge < -0.3 is 14.8 Å². The molecule has 2 heterocycles. The van der Waals surface area contributed by atoms with Crippen LogP contribution in [0, 0.1) is 11.2 Å². The van der Waals surface area contributed by atoms with Crippen molar-refractivity contribution in [1.82, 2.24) is 19.8 Å². The van der Waals surface area contributed by atoms with E-state index in [1.165, 1.54) is 12.1 Å². The summed E-state index contributed by atoms with van der Waals surface area (Å²) in [5.74, 6) is 0.547. The summed E-state index contributed by atoms with van der Waals surface area (Å²) in [6, 6.07) is 6.10. The quantitative estimate of drug-likeness (QED) is 0.896. The first kappa shape index (κ1) is 17.2. The average Bonchev–Trinajstić information content (AvgIpc) is 3.14. The first-order chi connectivity index (χ1) is 12.6. The standard InChI is InChI=1S/C20H25FN4O/c1-2-24-12-11-23-18(24)14-25(17-13-20(17)7-9-22-10-8-20)19(26)15-3-5-16(21)6-4-15/h3-6,11-12,17,22H,2,7-10,13-14H2,1H3. The molecule has 1 unspecified atom stereocenters. The number of imidazole rings is 1. The van der Waals surface area contributed by atoms with Crippen molar-refractivity contribution in [2.45, 2.75) is 45.3 Å². The highest BCUT2D eigenvalue weighted by molar-refractivity contribution is 5.94. The van der Waals surface area contributed by atoms with Crippen molar-refractivity contribution < 1.29 is 9.18 Å². The van der Waals surface area contributed by atoms with E-state index in [4.69, 9.17) is 0 Å². The Morgan fingerprint density at radius 2 is 2.08 bits per heavy atom. The fraction of sp³-hybridized carbons (Fsp3) is 0.500. The number of benzene rings is 1.